The van der Waals surface area contributed by atoms with Gasteiger partial charge in [0.25, 0.3) is 0 Å². The highest BCUT2D eigenvalue weighted by atomic mass is 35.5. The highest BCUT2D eigenvalue weighted by Gasteiger charge is 2.53. The number of aliphatic hydroxyl groups excluding tert-OH is 2. The Kier molecular flexibility index (Phi) is 4.29. The van der Waals surface area contributed by atoms with E-state index in [1.807, 2.05) is 0 Å². The normalized spacial score (nSPS) is 39.9. The number of imidazole rings is 1. The molecule has 152 valence electrons. The number of aliphatic hydroxyl groups is 3. The fraction of sp³-hybridized carbons (Fsp3) is 0.722. The number of nitrogens with one attached hydrogen (secondary N) is 1. The second kappa shape index (κ2) is 6.50. The SMILES string of the molecule is C[C@@]1(O)[C@H](O)[C@@H](CO)O[C@H]1n1cnc2c(N[C@H]3C[C@H]4CC[C@@H]3C4)nc(Cl)nc21. The Morgan fingerprint density at radius 3 is 2.82 bits per heavy atom. The standard InChI is InChI=1S/C18H24ClN5O4/c1-18(27)13(26)11(6-25)28-16(18)24-7-20-12-14(22-17(19)23-15(12)24)21-10-5-8-2-3-9(10)4-8/h7-11,13,16,25-27H,2-6H2,1H3,(H,21,22,23)/t8-,9+,10-,11+,13+,16+,18+/m0/s1. The van der Waals surface area contributed by atoms with Crippen molar-refractivity contribution in [3.63, 3.8) is 0 Å². The summed E-state index contributed by atoms with van der Waals surface area (Å²) in [5.74, 6) is 2.00. The summed E-state index contributed by atoms with van der Waals surface area (Å²) in [6.45, 7) is 1.05. The zero-order valence-electron chi connectivity index (χ0n) is 15.5. The first-order chi connectivity index (χ1) is 13.4. The molecule has 9 nitrogen and oxygen atoms in total. The van der Waals surface area contributed by atoms with Gasteiger partial charge in [0.2, 0.25) is 5.28 Å². The Morgan fingerprint density at radius 2 is 2.18 bits per heavy atom. The van der Waals surface area contributed by atoms with Gasteiger partial charge in [-0.2, -0.15) is 9.97 Å². The predicted octanol–water partition coefficient (Wildman–Crippen LogP) is 1.08. The van der Waals surface area contributed by atoms with Crippen molar-refractivity contribution in [3.05, 3.63) is 11.6 Å². The van der Waals surface area contributed by atoms with Crippen LogP contribution < -0.4 is 5.32 Å². The van der Waals surface area contributed by atoms with Crippen LogP contribution in [0.5, 0.6) is 0 Å². The molecule has 0 unspecified atom stereocenters. The number of anilines is 1. The van der Waals surface area contributed by atoms with Gasteiger partial charge < -0.3 is 25.4 Å². The third kappa shape index (κ3) is 2.72. The van der Waals surface area contributed by atoms with E-state index < -0.39 is 30.6 Å². The lowest BCUT2D eigenvalue weighted by Crippen LogP contribution is -2.44. The summed E-state index contributed by atoms with van der Waals surface area (Å²) in [6.07, 6.45) is 3.30. The van der Waals surface area contributed by atoms with Gasteiger partial charge in [-0.25, -0.2) is 4.98 Å². The minimum Gasteiger partial charge on any atom is -0.394 e. The first-order valence-corrected chi connectivity index (χ1v) is 10.1. The number of aromatic nitrogens is 4. The van der Waals surface area contributed by atoms with Crippen molar-refractivity contribution in [2.45, 2.75) is 62.7 Å². The maximum Gasteiger partial charge on any atom is 0.226 e. The van der Waals surface area contributed by atoms with Crippen LogP contribution in [-0.4, -0.2) is 65.3 Å². The Bertz CT molecular complexity index is 905. The van der Waals surface area contributed by atoms with E-state index in [1.54, 1.807) is 0 Å². The fourth-order valence-corrected chi connectivity index (χ4v) is 5.31. The maximum atomic E-state index is 10.8. The molecule has 4 N–H and O–H groups in total. The maximum absolute atomic E-state index is 10.8. The number of hydrogen-bond donors (Lipinski definition) is 4. The van der Waals surface area contributed by atoms with Crippen molar-refractivity contribution < 1.29 is 20.1 Å². The van der Waals surface area contributed by atoms with Gasteiger partial charge in [0.1, 0.15) is 17.8 Å². The molecule has 3 heterocycles. The molecule has 28 heavy (non-hydrogen) atoms. The van der Waals surface area contributed by atoms with Gasteiger partial charge in [-0.05, 0) is 49.6 Å². The van der Waals surface area contributed by atoms with Crippen LogP contribution in [0, 0.1) is 11.8 Å². The lowest BCUT2D eigenvalue weighted by molar-refractivity contribution is -0.0950. The molecule has 3 fully saturated rings. The average Bonchev–Trinajstić information content (AvgIpc) is 3.40. The van der Waals surface area contributed by atoms with Crippen LogP contribution in [-0.2, 0) is 4.74 Å². The second-order valence-electron chi connectivity index (χ2n) is 8.47. The Hall–Kier alpha value is -1.52. The molecular weight excluding hydrogens is 386 g/mol. The summed E-state index contributed by atoms with van der Waals surface area (Å²) in [5.41, 5.74) is -0.688. The molecule has 2 saturated carbocycles. The van der Waals surface area contributed by atoms with Crippen molar-refractivity contribution in [3.8, 4) is 0 Å². The summed E-state index contributed by atoms with van der Waals surface area (Å²) < 4.78 is 7.23. The van der Waals surface area contributed by atoms with E-state index in [0.29, 0.717) is 28.9 Å². The smallest absolute Gasteiger partial charge is 0.226 e. The minimum absolute atomic E-state index is 0.0665. The van der Waals surface area contributed by atoms with Crippen LogP contribution in [0.2, 0.25) is 5.28 Å². The molecular formula is C18H24ClN5O4. The van der Waals surface area contributed by atoms with Crippen molar-refractivity contribution in [2.24, 2.45) is 11.8 Å². The van der Waals surface area contributed by atoms with Crippen molar-refractivity contribution >= 4 is 28.6 Å². The first kappa shape index (κ1) is 18.5. The molecule has 5 rings (SSSR count). The molecule has 2 bridgehead atoms. The summed E-state index contributed by atoms with van der Waals surface area (Å²) >= 11 is 6.18. The molecule has 1 saturated heterocycles. The molecule has 0 radical (unpaired) electrons. The first-order valence-electron chi connectivity index (χ1n) is 9.72. The van der Waals surface area contributed by atoms with Crippen molar-refractivity contribution in [1.82, 2.24) is 19.5 Å². The van der Waals surface area contributed by atoms with Crippen molar-refractivity contribution in [1.29, 1.82) is 0 Å². The van der Waals surface area contributed by atoms with E-state index in [9.17, 15) is 15.3 Å². The largest absolute Gasteiger partial charge is 0.394 e. The number of halogens is 1. The van der Waals surface area contributed by atoms with E-state index in [-0.39, 0.29) is 5.28 Å². The van der Waals surface area contributed by atoms with Crippen molar-refractivity contribution in [2.75, 3.05) is 11.9 Å². The minimum atomic E-state index is -1.63. The van der Waals surface area contributed by atoms with E-state index in [0.717, 1.165) is 12.3 Å². The topological polar surface area (TPSA) is 126 Å². The Morgan fingerprint density at radius 1 is 1.36 bits per heavy atom. The monoisotopic (exact) mass is 409 g/mol. The number of fused-ring (bicyclic) bond motifs is 3. The van der Waals surface area contributed by atoms with E-state index in [4.69, 9.17) is 16.3 Å². The van der Waals surface area contributed by atoms with Gasteiger partial charge >= 0.3 is 0 Å². The number of nitrogens with zero attached hydrogens (tertiary/aromatic N) is 4. The van der Waals surface area contributed by atoms with E-state index in [1.165, 1.54) is 37.1 Å². The molecule has 2 aliphatic carbocycles. The van der Waals surface area contributed by atoms with Crippen LogP contribution >= 0.6 is 11.6 Å². The van der Waals surface area contributed by atoms with Gasteiger partial charge in [0.05, 0.1) is 12.9 Å². The highest BCUT2D eigenvalue weighted by molar-refractivity contribution is 6.28. The third-order valence-corrected chi connectivity index (χ3v) is 6.81. The van der Waals surface area contributed by atoms with Gasteiger partial charge in [0.15, 0.2) is 23.2 Å². The van der Waals surface area contributed by atoms with Crippen LogP contribution in [0.4, 0.5) is 5.82 Å². The van der Waals surface area contributed by atoms with E-state index in [2.05, 4.69) is 20.3 Å². The van der Waals surface area contributed by atoms with Crippen LogP contribution in [0.15, 0.2) is 6.33 Å². The lowest BCUT2D eigenvalue weighted by Gasteiger charge is -2.27. The van der Waals surface area contributed by atoms with Gasteiger partial charge in [0, 0.05) is 6.04 Å². The summed E-state index contributed by atoms with van der Waals surface area (Å²) in [7, 11) is 0. The van der Waals surface area contributed by atoms with E-state index >= 15 is 0 Å². The predicted molar refractivity (Wildman–Crippen MR) is 101 cm³/mol. The zero-order valence-corrected chi connectivity index (χ0v) is 16.2. The number of hydrogen-bond acceptors (Lipinski definition) is 8. The summed E-state index contributed by atoms with van der Waals surface area (Å²) in [6, 6.07) is 0.351. The molecule has 3 aliphatic rings. The number of rotatable bonds is 4. The molecule has 1 aliphatic heterocycles. The molecule has 0 spiro atoms. The molecule has 2 aromatic rings. The number of ether oxygens (including phenoxy) is 1. The van der Waals surface area contributed by atoms with Crippen LogP contribution in [0.25, 0.3) is 11.2 Å². The quantitative estimate of drug-likeness (QED) is 0.553. The lowest BCUT2D eigenvalue weighted by atomic mass is 9.95. The molecule has 0 aromatic carbocycles. The molecule has 7 atom stereocenters. The fourth-order valence-electron chi connectivity index (χ4n) is 5.15. The van der Waals surface area contributed by atoms with Gasteiger partial charge in [-0.15, -0.1) is 0 Å². The van der Waals surface area contributed by atoms with Gasteiger partial charge in [-0.1, -0.05) is 6.42 Å². The highest BCUT2D eigenvalue weighted by Crippen LogP contribution is 2.46. The second-order valence-corrected chi connectivity index (χ2v) is 8.81. The third-order valence-electron chi connectivity index (χ3n) is 6.64. The molecule has 10 heteroatoms. The Balaban J connectivity index is 1.51. The molecule has 2 aromatic heterocycles. The molecule has 0 amide bonds. The van der Waals surface area contributed by atoms with Crippen LogP contribution in [0.3, 0.4) is 0 Å². The zero-order chi connectivity index (χ0) is 19.6. The van der Waals surface area contributed by atoms with Crippen LogP contribution in [0.1, 0.15) is 38.8 Å². The average molecular weight is 410 g/mol. The summed E-state index contributed by atoms with van der Waals surface area (Å²) in [5, 5.41) is 34.0. The van der Waals surface area contributed by atoms with Gasteiger partial charge in [-0.3, -0.25) is 4.57 Å². The Labute approximate surface area is 166 Å². The summed E-state index contributed by atoms with van der Waals surface area (Å²) in [4.78, 5) is 13.1.